The Hall–Kier alpha value is -3.16. The van der Waals surface area contributed by atoms with Crippen LogP contribution >= 0.6 is 10.8 Å². The average molecular weight is 551 g/mol. The summed E-state index contributed by atoms with van der Waals surface area (Å²) in [4.78, 5) is 13.1. The third kappa shape index (κ3) is 5.29. The number of carbonyl (C=O) groups excluding carboxylic acids is 1. The predicted molar refractivity (Wildman–Crippen MR) is 138 cm³/mol. The zero-order valence-corrected chi connectivity index (χ0v) is 21.7. The van der Waals surface area contributed by atoms with Crippen LogP contribution < -0.4 is 14.4 Å². The summed E-state index contributed by atoms with van der Waals surface area (Å²) >= 11 is 0. The molecular weight excluding hydrogens is 523 g/mol. The van der Waals surface area contributed by atoms with E-state index in [-0.39, 0.29) is 33.5 Å². The number of nitrogens with one attached hydrogen (secondary N) is 1. The van der Waals surface area contributed by atoms with E-state index in [1.807, 2.05) is 0 Å². The molecule has 0 saturated heterocycles. The Labute approximate surface area is 215 Å². The summed E-state index contributed by atoms with van der Waals surface area (Å²) < 4.78 is 67.5. The van der Waals surface area contributed by atoms with Gasteiger partial charge in [0.1, 0.15) is 16.5 Å². The number of hydrogen-bond donors (Lipinski definition) is 4. The van der Waals surface area contributed by atoms with Gasteiger partial charge in [-0.25, -0.2) is 17.1 Å². The number of fused-ring (bicyclic) bond motifs is 1. The van der Waals surface area contributed by atoms with Crippen LogP contribution in [0.1, 0.15) is 34.5 Å². The number of hydrogen-bond acceptors (Lipinski definition) is 8. The van der Waals surface area contributed by atoms with Crippen LogP contribution in [-0.4, -0.2) is 47.6 Å². The molecule has 0 aromatic heterocycles. The van der Waals surface area contributed by atoms with Crippen molar-refractivity contribution in [1.82, 2.24) is 5.32 Å². The van der Waals surface area contributed by atoms with Crippen LogP contribution in [0.4, 0.5) is 10.1 Å². The van der Waals surface area contributed by atoms with Crippen LogP contribution in [0.2, 0.25) is 0 Å². The molecule has 0 fully saturated rings. The van der Waals surface area contributed by atoms with Crippen molar-refractivity contribution in [1.29, 1.82) is 0 Å². The van der Waals surface area contributed by atoms with E-state index in [0.717, 1.165) is 15.9 Å². The molecule has 12 heteroatoms. The fraction of sp³-hybridized carbons (Fsp3) is 0.240. The molecule has 4 N–H and O–H groups in total. The van der Waals surface area contributed by atoms with Crippen molar-refractivity contribution in [3.8, 4) is 5.75 Å². The van der Waals surface area contributed by atoms with Gasteiger partial charge < -0.3 is 15.2 Å². The van der Waals surface area contributed by atoms with E-state index in [2.05, 4.69) is 5.32 Å². The molecule has 3 aromatic carbocycles. The highest BCUT2D eigenvalue weighted by atomic mass is 32.3. The summed E-state index contributed by atoms with van der Waals surface area (Å²) in [6.07, 6.45) is 0. The maximum atomic E-state index is 15.1. The number of ether oxygens (including phenoxy) is 1. The van der Waals surface area contributed by atoms with Crippen molar-refractivity contribution in [3.05, 3.63) is 83.2 Å². The van der Waals surface area contributed by atoms with Gasteiger partial charge in [-0.05, 0) is 60.5 Å². The van der Waals surface area contributed by atoms with Crippen molar-refractivity contribution in [3.63, 3.8) is 0 Å². The molecule has 0 bridgehead atoms. The molecule has 3 aromatic rings. The lowest BCUT2D eigenvalue weighted by molar-refractivity contribution is 0.0915. The summed E-state index contributed by atoms with van der Waals surface area (Å²) in [6.45, 7) is 2.53. The molecule has 9 nitrogen and oxygen atoms in total. The molecular formula is C25H27FN2O7S2. The smallest absolute Gasteiger partial charge is 0.251 e. The normalized spacial score (nSPS) is 16.3. The molecule has 0 spiro atoms. The van der Waals surface area contributed by atoms with Gasteiger partial charge in [-0.1, -0.05) is 35.9 Å². The first-order chi connectivity index (χ1) is 17.5. The fourth-order valence-corrected chi connectivity index (χ4v) is 6.36. The van der Waals surface area contributed by atoms with Gasteiger partial charge in [0, 0.05) is 5.56 Å². The Morgan fingerprint density at radius 2 is 1.84 bits per heavy atom. The largest absolute Gasteiger partial charge is 0.469 e. The van der Waals surface area contributed by atoms with Gasteiger partial charge in [-0.3, -0.25) is 13.9 Å². The van der Waals surface area contributed by atoms with Crippen molar-refractivity contribution >= 4 is 32.2 Å². The molecule has 0 saturated carbocycles. The minimum Gasteiger partial charge on any atom is -0.469 e. The van der Waals surface area contributed by atoms with E-state index in [9.17, 15) is 27.4 Å². The number of rotatable bonds is 7. The SMILES string of the molecule is CCS(=O)(=O)c1ccc([C@H](CO)NC(=O)c2ccc(N3COc4ccc(C)cc4S3(O)O)c(F)c2)cc1. The van der Waals surface area contributed by atoms with Gasteiger partial charge in [-0.2, -0.15) is 0 Å². The van der Waals surface area contributed by atoms with Crippen LogP contribution in [0.15, 0.2) is 70.5 Å². The number of carbonyl (C=O) groups is 1. The number of sulfone groups is 1. The summed E-state index contributed by atoms with van der Waals surface area (Å²) in [5.41, 5.74) is 1.03. The molecule has 198 valence electrons. The highest BCUT2D eigenvalue weighted by Gasteiger charge is 2.35. The first kappa shape index (κ1) is 26.9. The maximum absolute atomic E-state index is 15.1. The van der Waals surface area contributed by atoms with E-state index < -0.39 is 45.0 Å². The van der Waals surface area contributed by atoms with Gasteiger partial charge in [-0.15, -0.1) is 0 Å². The summed E-state index contributed by atoms with van der Waals surface area (Å²) in [5.74, 6) is -1.31. The monoisotopic (exact) mass is 550 g/mol. The molecule has 0 radical (unpaired) electrons. The minimum absolute atomic E-state index is 0.0566. The Bertz CT molecular complexity index is 1430. The molecule has 1 atom stereocenters. The Kier molecular flexibility index (Phi) is 7.49. The predicted octanol–water partition coefficient (Wildman–Crippen LogP) is 4.27. The highest BCUT2D eigenvalue weighted by Crippen LogP contribution is 2.59. The highest BCUT2D eigenvalue weighted by molar-refractivity contribution is 8.25. The fourth-order valence-electron chi connectivity index (χ4n) is 3.88. The molecule has 37 heavy (non-hydrogen) atoms. The standard InChI is InChI=1S/C25H27FN2O7S2/c1-3-36(31,32)19-8-5-17(6-9-19)21(14-29)27-25(30)18-7-10-22(20(26)13-18)28-15-35-23-11-4-16(2)12-24(23)37(28,33)34/h4-13,21,29,33-34H,3,14-15H2,1-2H3,(H,27,30)/t21-/m0/s1. The van der Waals surface area contributed by atoms with E-state index in [0.29, 0.717) is 11.3 Å². The topological polar surface area (TPSA) is 136 Å². The number of aliphatic hydroxyl groups is 1. The lowest BCUT2D eigenvalue weighted by Crippen LogP contribution is -2.36. The lowest BCUT2D eigenvalue weighted by atomic mass is 10.1. The van der Waals surface area contributed by atoms with Gasteiger partial charge in [0.25, 0.3) is 5.91 Å². The van der Waals surface area contributed by atoms with Crippen molar-refractivity contribution in [2.45, 2.75) is 29.7 Å². The van der Waals surface area contributed by atoms with Crippen LogP contribution in [0.5, 0.6) is 5.75 Å². The van der Waals surface area contributed by atoms with Crippen molar-refractivity contribution in [2.24, 2.45) is 0 Å². The van der Waals surface area contributed by atoms with E-state index in [4.69, 9.17) is 4.74 Å². The van der Waals surface area contributed by atoms with Gasteiger partial charge in [0.15, 0.2) is 16.6 Å². The van der Waals surface area contributed by atoms with E-state index >= 15 is 4.39 Å². The first-order valence-electron chi connectivity index (χ1n) is 11.3. The number of halogens is 1. The Morgan fingerprint density at radius 1 is 1.14 bits per heavy atom. The van der Waals surface area contributed by atoms with Gasteiger partial charge in [0.2, 0.25) is 0 Å². The second-order valence-electron chi connectivity index (χ2n) is 8.47. The van der Waals surface area contributed by atoms with Crippen LogP contribution in [0, 0.1) is 12.7 Å². The van der Waals surface area contributed by atoms with Crippen molar-refractivity contribution < 1.29 is 36.6 Å². The Balaban J connectivity index is 1.54. The van der Waals surface area contributed by atoms with Gasteiger partial charge >= 0.3 is 0 Å². The second kappa shape index (κ2) is 10.3. The van der Waals surface area contributed by atoms with Crippen LogP contribution in [0.25, 0.3) is 0 Å². The average Bonchev–Trinajstić information content (AvgIpc) is 2.88. The number of nitrogens with zero attached hydrogens (tertiary/aromatic N) is 1. The molecule has 4 rings (SSSR count). The summed E-state index contributed by atoms with van der Waals surface area (Å²) in [6, 6.07) is 13.4. The van der Waals surface area contributed by atoms with Crippen LogP contribution in [0.3, 0.4) is 0 Å². The molecule has 0 aliphatic carbocycles. The molecule has 1 heterocycles. The summed E-state index contributed by atoms with van der Waals surface area (Å²) in [7, 11) is -6.99. The summed E-state index contributed by atoms with van der Waals surface area (Å²) in [5, 5.41) is 12.4. The van der Waals surface area contributed by atoms with E-state index in [1.54, 1.807) is 25.1 Å². The van der Waals surface area contributed by atoms with E-state index in [1.165, 1.54) is 43.3 Å². The quantitative estimate of drug-likeness (QED) is 0.342. The third-order valence-corrected chi connectivity index (χ3v) is 9.60. The number of anilines is 1. The molecule has 1 amide bonds. The minimum atomic E-state index is -3.60. The Morgan fingerprint density at radius 3 is 2.46 bits per heavy atom. The number of aryl methyl sites for hydroxylation is 1. The number of aliphatic hydroxyl groups excluding tert-OH is 1. The lowest BCUT2D eigenvalue weighted by Gasteiger charge is -2.47. The van der Waals surface area contributed by atoms with Gasteiger partial charge in [0.05, 0.1) is 29.0 Å². The number of benzene rings is 3. The zero-order valence-electron chi connectivity index (χ0n) is 20.1. The first-order valence-corrected chi connectivity index (χ1v) is 14.5. The molecule has 0 unspecified atom stereocenters. The van der Waals surface area contributed by atoms with Crippen LogP contribution in [-0.2, 0) is 9.84 Å². The zero-order chi connectivity index (χ0) is 27.0. The molecule has 1 aliphatic heterocycles. The maximum Gasteiger partial charge on any atom is 0.251 e. The second-order valence-corrected chi connectivity index (χ2v) is 12.7. The number of amides is 1. The van der Waals surface area contributed by atoms with Crippen molar-refractivity contribution in [2.75, 3.05) is 23.4 Å². The molecule has 1 aliphatic rings. The third-order valence-electron chi connectivity index (χ3n) is 6.03.